The molecule has 0 radical (unpaired) electrons. The molecule has 1 heterocycles. The lowest BCUT2D eigenvalue weighted by molar-refractivity contribution is -0.143. The van der Waals surface area contributed by atoms with E-state index in [1.807, 2.05) is 0 Å². The molecule has 1 amide bonds. The monoisotopic (exact) mass is 341 g/mol. The summed E-state index contributed by atoms with van der Waals surface area (Å²) in [6.07, 6.45) is -3.97. The first-order valence-electron chi connectivity index (χ1n) is 6.94. The fourth-order valence-electron chi connectivity index (χ4n) is 2.06. The van der Waals surface area contributed by atoms with Crippen LogP contribution in [0.5, 0.6) is 0 Å². The number of nitrogens with zero attached hydrogens (tertiary/aromatic N) is 2. The van der Waals surface area contributed by atoms with Gasteiger partial charge in [-0.15, -0.1) is 0 Å². The molecule has 2 rings (SSSR count). The standard InChI is InChI=1S/C15H14F3N3O3/c1-3-24-14(23)12-8-19-21(13(12)15(16,17)18)11-6-4-10(5-7-11)20-9(2)22/h4-8H,3H2,1-2H3,(H,20,22). The summed E-state index contributed by atoms with van der Waals surface area (Å²) in [6, 6.07) is 5.57. The Balaban J connectivity index is 2.47. The van der Waals surface area contributed by atoms with E-state index >= 15 is 0 Å². The van der Waals surface area contributed by atoms with E-state index in [-0.39, 0.29) is 18.2 Å². The molecule has 1 aromatic carbocycles. The smallest absolute Gasteiger partial charge is 0.434 e. The average Bonchev–Trinajstić information content (AvgIpc) is 2.93. The molecule has 9 heteroatoms. The van der Waals surface area contributed by atoms with Crippen LogP contribution in [-0.2, 0) is 15.7 Å². The number of ether oxygens (including phenoxy) is 1. The number of amides is 1. The van der Waals surface area contributed by atoms with Gasteiger partial charge in [-0.2, -0.15) is 18.3 Å². The van der Waals surface area contributed by atoms with Crippen LogP contribution in [0.3, 0.4) is 0 Å². The van der Waals surface area contributed by atoms with Crippen molar-refractivity contribution in [2.24, 2.45) is 0 Å². The fourth-order valence-corrected chi connectivity index (χ4v) is 2.06. The van der Waals surface area contributed by atoms with Crippen LogP contribution in [0.15, 0.2) is 30.5 Å². The second kappa shape index (κ2) is 6.73. The zero-order valence-electron chi connectivity index (χ0n) is 12.8. The highest BCUT2D eigenvalue weighted by Crippen LogP contribution is 2.34. The lowest BCUT2D eigenvalue weighted by Gasteiger charge is -2.13. The first kappa shape index (κ1) is 17.5. The van der Waals surface area contributed by atoms with Gasteiger partial charge in [0.15, 0.2) is 5.69 Å². The topological polar surface area (TPSA) is 73.2 Å². The third-order valence-corrected chi connectivity index (χ3v) is 2.97. The third kappa shape index (κ3) is 3.73. The van der Waals surface area contributed by atoms with Gasteiger partial charge in [0.25, 0.3) is 0 Å². The van der Waals surface area contributed by atoms with Crippen molar-refractivity contribution in [3.63, 3.8) is 0 Å². The average molecular weight is 341 g/mol. The maximum Gasteiger partial charge on any atom is 0.434 e. The number of benzene rings is 1. The summed E-state index contributed by atoms with van der Waals surface area (Å²) in [5.74, 6) is -1.40. The molecule has 128 valence electrons. The van der Waals surface area contributed by atoms with Gasteiger partial charge in [0.1, 0.15) is 5.56 Å². The van der Waals surface area contributed by atoms with Crippen LogP contribution in [0.2, 0.25) is 0 Å². The summed E-state index contributed by atoms with van der Waals surface area (Å²) < 4.78 is 45.3. The minimum Gasteiger partial charge on any atom is -0.462 e. The number of carbonyl (C=O) groups is 2. The molecule has 6 nitrogen and oxygen atoms in total. The summed E-state index contributed by atoms with van der Waals surface area (Å²) in [5, 5.41) is 6.16. The van der Waals surface area contributed by atoms with E-state index in [0.717, 1.165) is 6.20 Å². The molecule has 0 unspecified atom stereocenters. The lowest BCUT2D eigenvalue weighted by Crippen LogP contribution is -2.18. The number of nitrogens with one attached hydrogen (secondary N) is 1. The van der Waals surface area contributed by atoms with Crippen LogP contribution < -0.4 is 5.32 Å². The molecule has 2 aromatic rings. The second-order valence-electron chi connectivity index (χ2n) is 4.76. The maximum atomic E-state index is 13.4. The Labute approximate surface area is 135 Å². The predicted octanol–water partition coefficient (Wildman–Crippen LogP) is 3.03. The van der Waals surface area contributed by atoms with Crippen molar-refractivity contribution < 1.29 is 27.5 Å². The Hall–Kier alpha value is -2.84. The molecule has 0 bridgehead atoms. The molecule has 1 N–H and O–H groups in total. The number of esters is 1. The first-order chi connectivity index (χ1) is 11.2. The van der Waals surface area contributed by atoms with Crippen molar-refractivity contribution >= 4 is 17.6 Å². The molecular weight excluding hydrogens is 327 g/mol. The molecule has 1 aromatic heterocycles. The summed E-state index contributed by atoms with van der Waals surface area (Å²) in [6.45, 7) is 2.76. The molecule has 0 aliphatic rings. The molecule has 0 aliphatic heterocycles. The minimum atomic E-state index is -4.80. The van der Waals surface area contributed by atoms with Gasteiger partial charge < -0.3 is 10.1 Å². The lowest BCUT2D eigenvalue weighted by atomic mass is 10.2. The first-order valence-corrected chi connectivity index (χ1v) is 6.94. The van der Waals surface area contributed by atoms with Crippen LogP contribution in [0, 0.1) is 0 Å². The Bertz CT molecular complexity index is 752. The minimum absolute atomic E-state index is 0.0489. The second-order valence-corrected chi connectivity index (χ2v) is 4.76. The highest BCUT2D eigenvalue weighted by Gasteiger charge is 2.41. The SMILES string of the molecule is CCOC(=O)c1cnn(-c2ccc(NC(C)=O)cc2)c1C(F)(F)F. The van der Waals surface area contributed by atoms with Crippen LogP contribution in [0.1, 0.15) is 29.9 Å². The van der Waals surface area contributed by atoms with Crippen molar-refractivity contribution in [3.8, 4) is 5.69 Å². The third-order valence-electron chi connectivity index (χ3n) is 2.97. The highest BCUT2D eigenvalue weighted by molar-refractivity contribution is 5.91. The van der Waals surface area contributed by atoms with Crippen molar-refractivity contribution in [1.82, 2.24) is 9.78 Å². The fraction of sp³-hybridized carbons (Fsp3) is 0.267. The number of hydrogen-bond donors (Lipinski definition) is 1. The van der Waals surface area contributed by atoms with E-state index in [1.54, 1.807) is 0 Å². The molecule has 0 saturated heterocycles. The Kier molecular flexibility index (Phi) is 4.91. The number of anilines is 1. The number of halogens is 3. The van der Waals surface area contributed by atoms with Crippen LogP contribution in [0.4, 0.5) is 18.9 Å². The number of hydrogen-bond acceptors (Lipinski definition) is 4. The van der Waals surface area contributed by atoms with Gasteiger partial charge >= 0.3 is 12.1 Å². The van der Waals surface area contributed by atoms with E-state index in [0.29, 0.717) is 10.4 Å². The summed E-state index contributed by atoms with van der Waals surface area (Å²) >= 11 is 0. The maximum absolute atomic E-state index is 13.4. The van der Waals surface area contributed by atoms with Crippen LogP contribution >= 0.6 is 0 Å². The largest absolute Gasteiger partial charge is 0.462 e. The molecule has 24 heavy (non-hydrogen) atoms. The van der Waals surface area contributed by atoms with Gasteiger partial charge in [0.2, 0.25) is 5.91 Å². The van der Waals surface area contributed by atoms with Gasteiger partial charge in [-0.25, -0.2) is 9.48 Å². The normalized spacial score (nSPS) is 11.2. The molecule has 0 aliphatic carbocycles. The van der Waals surface area contributed by atoms with E-state index in [2.05, 4.69) is 15.2 Å². The van der Waals surface area contributed by atoms with Crippen molar-refractivity contribution in [2.75, 3.05) is 11.9 Å². The predicted molar refractivity (Wildman–Crippen MR) is 78.8 cm³/mol. The number of rotatable bonds is 4. The molecule has 0 spiro atoms. The van der Waals surface area contributed by atoms with Crippen LogP contribution in [0.25, 0.3) is 5.69 Å². The van der Waals surface area contributed by atoms with E-state index in [4.69, 9.17) is 0 Å². The molecular formula is C15H14F3N3O3. The van der Waals surface area contributed by atoms with Crippen molar-refractivity contribution in [1.29, 1.82) is 0 Å². The zero-order chi connectivity index (χ0) is 17.9. The van der Waals surface area contributed by atoms with Crippen molar-refractivity contribution in [2.45, 2.75) is 20.0 Å². The Morgan fingerprint density at radius 2 is 1.88 bits per heavy atom. The molecule has 0 atom stereocenters. The van der Waals surface area contributed by atoms with E-state index in [9.17, 15) is 22.8 Å². The molecule has 0 saturated carbocycles. The van der Waals surface area contributed by atoms with Gasteiger partial charge in [-0.05, 0) is 31.2 Å². The zero-order valence-corrected chi connectivity index (χ0v) is 12.8. The van der Waals surface area contributed by atoms with Crippen molar-refractivity contribution in [3.05, 3.63) is 41.7 Å². The van der Waals surface area contributed by atoms with E-state index in [1.165, 1.54) is 38.1 Å². The summed E-state index contributed by atoms with van der Waals surface area (Å²) in [7, 11) is 0. The summed E-state index contributed by atoms with van der Waals surface area (Å²) in [4.78, 5) is 22.7. The number of alkyl halides is 3. The Morgan fingerprint density at radius 1 is 1.25 bits per heavy atom. The number of carbonyl (C=O) groups excluding carboxylic acids is 2. The van der Waals surface area contributed by atoms with Gasteiger partial charge in [0.05, 0.1) is 18.5 Å². The number of aromatic nitrogens is 2. The highest BCUT2D eigenvalue weighted by atomic mass is 19.4. The molecule has 0 fully saturated rings. The van der Waals surface area contributed by atoms with Crippen LogP contribution in [-0.4, -0.2) is 28.3 Å². The summed E-state index contributed by atoms with van der Waals surface area (Å²) in [5.41, 5.74) is -1.35. The quantitative estimate of drug-likeness (QED) is 0.868. The van der Waals surface area contributed by atoms with Gasteiger partial charge in [-0.1, -0.05) is 0 Å². The van der Waals surface area contributed by atoms with Gasteiger partial charge in [0, 0.05) is 12.6 Å². The Morgan fingerprint density at radius 3 is 2.38 bits per heavy atom. The van der Waals surface area contributed by atoms with E-state index < -0.39 is 23.4 Å². The van der Waals surface area contributed by atoms with Gasteiger partial charge in [-0.3, -0.25) is 4.79 Å².